The van der Waals surface area contributed by atoms with Gasteiger partial charge in [-0.2, -0.15) is 0 Å². The number of ether oxygens (including phenoxy) is 1. The molecule has 0 bridgehead atoms. The van der Waals surface area contributed by atoms with E-state index in [1.807, 2.05) is 5.48 Å². The Kier molecular flexibility index (Phi) is 5.87. The third-order valence-corrected chi connectivity index (χ3v) is 3.86. The van der Waals surface area contributed by atoms with Crippen LogP contribution in [0.1, 0.15) is 13.3 Å². The predicted molar refractivity (Wildman–Crippen MR) is 61.9 cm³/mol. The molecule has 0 aliphatic carbocycles. The Morgan fingerprint density at radius 1 is 1.47 bits per heavy atom. The average molecular weight is 299 g/mol. The Hall–Kier alpha value is -0.540. The van der Waals surface area contributed by atoms with Crippen LogP contribution >= 0.6 is 7.60 Å². The smallest absolute Gasteiger partial charge is 0.337 e. The van der Waals surface area contributed by atoms with Gasteiger partial charge in [0.25, 0.3) is 5.91 Å². The Bertz CT molecular complexity index is 364. The summed E-state index contributed by atoms with van der Waals surface area (Å²) in [7, 11) is -2.97. The number of rotatable bonds is 5. The maximum Gasteiger partial charge on any atom is 0.337 e. The van der Waals surface area contributed by atoms with E-state index in [-0.39, 0.29) is 6.42 Å². The molecule has 4 N–H and O–H groups in total. The summed E-state index contributed by atoms with van der Waals surface area (Å²) in [5, 5.41) is 19.0. The number of nitrogens with one attached hydrogen (secondary N) is 1. The van der Waals surface area contributed by atoms with E-state index in [2.05, 4.69) is 4.52 Å². The molecule has 112 valence electrons. The topological polar surface area (TPSA) is 135 Å². The molecule has 0 spiro atoms. The summed E-state index contributed by atoms with van der Waals surface area (Å²) in [6, 6.07) is 0. The fraction of sp³-hybridized carbons (Fsp3) is 0.889. The van der Waals surface area contributed by atoms with E-state index in [1.165, 1.54) is 0 Å². The summed E-state index contributed by atoms with van der Waals surface area (Å²) in [5.74, 6) is -0.887. The number of aliphatic hydroxyl groups excluding tert-OH is 2. The van der Waals surface area contributed by atoms with Crippen molar-refractivity contribution < 1.29 is 38.6 Å². The van der Waals surface area contributed by atoms with Gasteiger partial charge < -0.3 is 24.4 Å². The molecule has 0 saturated carbocycles. The number of aliphatic hydroxyl groups is 2. The largest absolute Gasteiger partial charge is 0.390 e. The SMILES string of the molecule is COP(=O)(O)CC(=O)NO[C@H]1O[C@H](C)[C@@H](O)C[C@@H]1O. The lowest BCUT2D eigenvalue weighted by molar-refractivity contribution is -0.277. The van der Waals surface area contributed by atoms with Gasteiger partial charge in [0.2, 0.25) is 6.29 Å². The molecular weight excluding hydrogens is 281 g/mol. The molecule has 0 aromatic carbocycles. The summed E-state index contributed by atoms with van der Waals surface area (Å²) < 4.78 is 20.5. The third-order valence-electron chi connectivity index (χ3n) is 2.61. The molecular formula is C9H18NO8P. The molecule has 1 saturated heterocycles. The van der Waals surface area contributed by atoms with Crippen molar-refractivity contribution in [3.05, 3.63) is 0 Å². The van der Waals surface area contributed by atoms with Crippen molar-refractivity contribution in [2.24, 2.45) is 0 Å². The van der Waals surface area contributed by atoms with Gasteiger partial charge in [-0.1, -0.05) is 0 Å². The van der Waals surface area contributed by atoms with Crippen molar-refractivity contribution in [1.82, 2.24) is 5.48 Å². The lowest BCUT2D eigenvalue weighted by atomic mass is 10.0. The molecule has 1 aliphatic rings. The Labute approximate surface area is 110 Å². The quantitative estimate of drug-likeness (QED) is 0.364. The number of amides is 1. The number of carbonyl (C=O) groups excluding carboxylic acids is 1. The van der Waals surface area contributed by atoms with E-state index in [1.54, 1.807) is 6.92 Å². The number of carbonyl (C=O) groups is 1. The molecule has 9 nitrogen and oxygen atoms in total. The highest BCUT2D eigenvalue weighted by atomic mass is 31.2. The van der Waals surface area contributed by atoms with Crippen molar-refractivity contribution in [3.63, 3.8) is 0 Å². The first-order valence-corrected chi connectivity index (χ1v) is 7.35. The highest BCUT2D eigenvalue weighted by Crippen LogP contribution is 2.39. The van der Waals surface area contributed by atoms with Crippen molar-refractivity contribution in [2.45, 2.75) is 37.9 Å². The van der Waals surface area contributed by atoms with Crippen LogP contribution in [0.2, 0.25) is 0 Å². The Morgan fingerprint density at radius 3 is 2.68 bits per heavy atom. The molecule has 1 unspecified atom stereocenters. The van der Waals surface area contributed by atoms with Gasteiger partial charge in [-0.25, -0.2) is 10.3 Å². The van der Waals surface area contributed by atoms with Crippen LogP contribution in [0.5, 0.6) is 0 Å². The highest BCUT2D eigenvalue weighted by Gasteiger charge is 2.35. The van der Waals surface area contributed by atoms with E-state index in [4.69, 9.17) is 14.5 Å². The van der Waals surface area contributed by atoms with E-state index in [0.29, 0.717) is 0 Å². The minimum Gasteiger partial charge on any atom is -0.390 e. The zero-order valence-electron chi connectivity index (χ0n) is 10.6. The van der Waals surface area contributed by atoms with Crippen LogP contribution in [0, 0.1) is 0 Å². The van der Waals surface area contributed by atoms with Crippen LogP contribution in [0.3, 0.4) is 0 Å². The fourth-order valence-corrected chi connectivity index (χ4v) is 2.01. The third kappa shape index (κ3) is 5.15. The predicted octanol–water partition coefficient (Wildman–Crippen LogP) is -1.28. The summed E-state index contributed by atoms with van der Waals surface area (Å²) >= 11 is 0. The molecule has 0 aromatic heterocycles. The second-order valence-corrected chi connectivity index (χ2v) is 6.16. The molecule has 10 heteroatoms. The maximum absolute atomic E-state index is 11.3. The zero-order chi connectivity index (χ0) is 14.6. The zero-order valence-corrected chi connectivity index (χ0v) is 11.4. The first-order chi connectivity index (χ1) is 8.75. The van der Waals surface area contributed by atoms with Crippen molar-refractivity contribution in [3.8, 4) is 0 Å². The van der Waals surface area contributed by atoms with E-state index >= 15 is 0 Å². The summed E-state index contributed by atoms with van der Waals surface area (Å²) in [4.78, 5) is 25.1. The maximum atomic E-state index is 11.3. The first kappa shape index (κ1) is 16.5. The van der Waals surface area contributed by atoms with Crippen LogP contribution < -0.4 is 5.48 Å². The second kappa shape index (κ2) is 6.76. The van der Waals surface area contributed by atoms with Gasteiger partial charge in [0, 0.05) is 13.5 Å². The summed E-state index contributed by atoms with van der Waals surface area (Å²) in [6.07, 6.45) is -4.38. The van der Waals surface area contributed by atoms with Gasteiger partial charge in [-0.15, -0.1) is 0 Å². The van der Waals surface area contributed by atoms with Gasteiger partial charge in [-0.05, 0) is 6.92 Å². The van der Waals surface area contributed by atoms with Crippen LogP contribution in [-0.2, 0) is 23.5 Å². The summed E-state index contributed by atoms with van der Waals surface area (Å²) in [6.45, 7) is 1.58. The molecule has 1 rings (SSSR count). The van der Waals surface area contributed by atoms with Crippen LogP contribution in [0.15, 0.2) is 0 Å². The van der Waals surface area contributed by atoms with Crippen LogP contribution in [-0.4, -0.2) is 58.9 Å². The minimum atomic E-state index is -3.97. The Balaban J connectivity index is 2.40. The molecule has 5 atom stereocenters. The van der Waals surface area contributed by atoms with Gasteiger partial charge in [0.1, 0.15) is 12.3 Å². The van der Waals surface area contributed by atoms with Gasteiger partial charge in [0.15, 0.2) is 0 Å². The number of hydrogen-bond donors (Lipinski definition) is 4. The van der Waals surface area contributed by atoms with Crippen molar-refractivity contribution in [2.75, 3.05) is 13.3 Å². The van der Waals surface area contributed by atoms with E-state index in [0.717, 1.165) is 7.11 Å². The molecule has 1 aliphatic heterocycles. The number of hydrogen-bond acceptors (Lipinski definition) is 7. The normalized spacial score (nSPS) is 34.6. The second-order valence-electron chi connectivity index (χ2n) is 4.20. The highest BCUT2D eigenvalue weighted by molar-refractivity contribution is 7.53. The van der Waals surface area contributed by atoms with Gasteiger partial charge in [0.05, 0.1) is 12.2 Å². The monoisotopic (exact) mass is 299 g/mol. The molecule has 1 fully saturated rings. The number of hydroxylamine groups is 1. The molecule has 1 heterocycles. The lowest BCUT2D eigenvalue weighted by Gasteiger charge is -2.34. The van der Waals surface area contributed by atoms with Crippen LogP contribution in [0.4, 0.5) is 0 Å². The van der Waals surface area contributed by atoms with Crippen molar-refractivity contribution >= 4 is 13.5 Å². The van der Waals surface area contributed by atoms with Gasteiger partial charge in [-0.3, -0.25) is 9.36 Å². The standard InChI is InChI=1S/C9H18NO8P/c1-5-6(11)3-7(12)9(17-5)18-10-8(13)4-19(14,15)16-2/h5-7,9,11-12H,3-4H2,1-2H3,(H,10,13)(H,14,15)/t5-,6+,7+,9-/m1/s1. The van der Waals surface area contributed by atoms with Crippen LogP contribution in [0.25, 0.3) is 0 Å². The average Bonchev–Trinajstić information content (AvgIpc) is 2.31. The fourth-order valence-electron chi connectivity index (χ4n) is 1.45. The Morgan fingerprint density at radius 2 is 2.11 bits per heavy atom. The van der Waals surface area contributed by atoms with Crippen molar-refractivity contribution in [1.29, 1.82) is 0 Å². The van der Waals surface area contributed by atoms with Gasteiger partial charge >= 0.3 is 7.60 Å². The summed E-state index contributed by atoms with van der Waals surface area (Å²) in [5.41, 5.74) is 1.89. The molecule has 1 amide bonds. The molecule has 0 radical (unpaired) electrons. The minimum absolute atomic E-state index is 0.0399. The molecule has 0 aromatic rings. The van der Waals surface area contributed by atoms with E-state index in [9.17, 15) is 19.6 Å². The first-order valence-electron chi connectivity index (χ1n) is 5.59. The lowest BCUT2D eigenvalue weighted by Crippen LogP contribution is -2.49. The molecule has 19 heavy (non-hydrogen) atoms. The van der Waals surface area contributed by atoms with E-state index < -0.39 is 44.3 Å².